The van der Waals surface area contributed by atoms with Crippen molar-refractivity contribution in [1.29, 1.82) is 0 Å². The maximum atomic E-state index is 4.46. The fourth-order valence-corrected chi connectivity index (χ4v) is 2.75. The topological polar surface area (TPSA) is 43.6 Å². The predicted molar refractivity (Wildman–Crippen MR) is 89.8 cm³/mol. The number of hydrogen-bond acceptors (Lipinski definition) is 3. The van der Waals surface area contributed by atoms with Gasteiger partial charge in [0.25, 0.3) is 0 Å². The first-order valence-electron chi connectivity index (χ1n) is 6.81. The number of aromatic nitrogens is 4. The molecular formula is C17H11BrN4. The zero-order valence-electron chi connectivity index (χ0n) is 11.5. The lowest BCUT2D eigenvalue weighted by atomic mass is 10.1. The van der Waals surface area contributed by atoms with Gasteiger partial charge < -0.3 is 0 Å². The van der Waals surface area contributed by atoms with E-state index in [1.165, 1.54) is 0 Å². The first-order valence-corrected chi connectivity index (χ1v) is 7.60. The minimum absolute atomic E-state index is 0.839. The van der Waals surface area contributed by atoms with E-state index in [1.807, 2.05) is 41.1 Å². The quantitative estimate of drug-likeness (QED) is 0.542. The Balaban J connectivity index is 1.85. The zero-order valence-corrected chi connectivity index (χ0v) is 13.1. The fourth-order valence-electron chi connectivity index (χ4n) is 2.43. The van der Waals surface area contributed by atoms with Crippen LogP contribution in [0, 0.1) is 0 Å². The van der Waals surface area contributed by atoms with Gasteiger partial charge in [-0.3, -0.25) is 9.55 Å². The average Bonchev–Trinajstić information content (AvgIpc) is 2.99. The van der Waals surface area contributed by atoms with E-state index in [1.54, 1.807) is 18.7 Å². The third-order valence-electron chi connectivity index (χ3n) is 3.47. The van der Waals surface area contributed by atoms with Crippen LogP contribution in [0.4, 0.5) is 0 Å². The van der Waals surface area contributed by atoms with Crippen LogP contribution in [0.1, 0.15) is 0 Å². The summed E-state index contributed by atoms with van der Waals surface area (Å²) in [6.45, 7) is 0. The van der Waals surface area contributed by atoms with Crippen LogP contribution in [0.25, 0.3) is 28.0 Å². The maximum absolute atomic E-state index is 4.46. The molecule has 0 spiro atoms. The molecule has 0 amide bonds. The van der Waals surface area contributed by atoms with E-state index in [2.05, 4.69) is 43.0 Å². The number of nitrogens with zero attached hydrogens (tertiary/aromatic N) is 4. The molecule has 4 aromatic rings. The summed E-state index contributed by atoms with van der Waals surface area (Å²) < 4.78 is 2.91. The number of imidazole rings is 1. The van der Waals surface area contributed by atoms with E-state index in [0.717, 1.165) is 32.5 Å². The first-order chi connectivity index (χ1) is 10.8. The van der Waals surface area contributed by atoms with Crippen LogP contribution in [-0.2, 0) is 0 Å². The molecule has 0 saturated carbocycles. The van der Waals surface area contributed by atoms with E-state index in [9.17, 15) is 0 Å². The summed E-state index contributed by atoms with van der Waals surface area (Å²) in [5.41, 5.74) is 4.93. The van der Waals surface area contributed by atoms with Gasteiger partial charge >= 0.3 is 0 Å². The first kappa shape index (κ1) is 13.2. The summed E-state index contributed by atoms with van der Waals surface area (Å²) in [6, 6.07) is 14.2. The molecular weight excluding hydrogens is 340 g/mol. The lowest BCUT2D eigenvalue weighted by Crippen LogP contribution is -1.94. The molecule has 0 aliphatic carbocycles. The molecule has 4 rings (SSSR count). The van der Waals surface area contributed by atoms with Gasteiger partial charge in [-0.05, 0) is 45.8 Å². The number of pyridine rings is 2. The Morgan fingerprint density at radius 1 is 0.909 bits per heavy atom. The van der Waals surface area contributed by atoms with Gasteiger partial charge in [0.05, 0.1) is 0 Å². The molecule has 0 atom stereocenters. The van der Waals surface area contributed by atoms with Crippen LogP contribution in [0.15, 0.2) is 71.9 Å². The molecule has 22 heavy (non-hydrogen) atoms. The maximum Gasteiger partial charge on any atom is 0.164 e. The standard InChI is InChI=1S/C17H11BrN4/c18-14-8-16-17(20-10-14)22(11-21-16)15-5-1-3-12(7-15)13-4-2-6-19-9-13/h1-11H. The molecule has 3 heterocycles. The number of halogens is 1. The van der Waals surface area contributed by atoms with E-state index < -0.39 is 0 Å². The molecule has 0 fully saturated rings. The molecule has 1 aromatic carbocycles. The summed E-state index contributed by atoms with van der Waals surface area (Å²) >= 11 is 3.42. The molecule has 106 valence electrons. The van der Waals surface area contributed by atoms with Crippen molar-refractivity contribution in [3.8, 4) is 16.8 Å². The second kappa shape index (κ2) is 5.35. The Labute approximate surface area is 135 Å². The molecule has 0 aliphatic heterocycles. The second-order valence-corrected chi connectivity index (χ2v) is 5.82. The molecule has 0 unspecified atom stereocenters. The van der Waals surface area contributed by atoms with Gasteiger partial charge in [-0.2, -0.15) is 0 Å². The van der Waals surface area contributed by atoms with Gasteiger partial charge in [-0.15, -0.1) is 0 Å². The third-order valence-corrected chi connectivity index (χ3v) is 3.91. The minimum atomic E-state index is 0.839. The van der Waals surface area contributed by atoms with Gasteiger partial charge in [-0.1, -0.05) is 18.2 Å². The largest absolute Gasteiger partial charge is 0.283 e. The highest BCUT2D eigenvalue weighted by Crippen LogP contribution is 2.24. The van der Waals surface area contributed by atoms with Crippen LogP contribution < -0.4 is 0 Å². The van der Waals surface area contributed by atoms with Crippen molar-refractivity contribution in [1.82, 2.24) is 19.5 Å². The predicted octanol–water partition coefficient (Wildman–Crippen LogP) is 4.25. The highest BCUT2D eigenvalue weighted by atomic mass is 79.9. The summed E-state index contributed by atoms with van der Waals surface area (Å²) in [7, 11) is 0. The number of hydrogen-bond donors (Lipinski definition) is 0. The SMILES string of the molecule is Brc1cnc2c(c1)ncn2-c1cccc(-c2cccnc2)c1. The van der Waals surface area contributed by atoms with Gasteiger partial charge in [0.1, 0.15) is 11.8 Å². The van der Waals surface area contributed by atoms with Gasteiger partial charge in [0, 0.05) is 34.3 Å². The molecule has 5 heteroatoms. The monoisotopic (exact) mass is 350 g/mol. The Morgan fingerprint density at radius 2 is 1.82 bits per heavy atom. The summed E-state index contributed by atoms with van der Waals surface area (Å²) in [5, 5.41) is 0. The van der Waals surface area contributed by atoms with E-state index in [0.29, 0.717) is 0 Å². The highest BCUT2D eigenvalue weighted by molar-refractivity contribution is 9.10. The number of benzene rings is 1. The molecule has 0 bridgehead atoms. The zero-order chi connectivity index (χ0) is 14.9. The Morgan fingerprint density at radius 3 is 2.68 bits per heavy atom. The average molecular weight is 351 g/mol. The fraction of sp³-hybridized carbons (Fsp3) is 0. The van der Waals surface area contributed by atoms with Crippen molar-refractivity contribution in [2.24, 2.45) is 0 Å². The smallest absolute Gasteiger partial charge is 0.164 e. The Kier molecular flexibility index (Phi) is 3.20. The van der Waals surface area contributed by atoms with Crippen molar-refractivity contribution in [3.63, 3.8) is 0 Å². The summed E-state index contributed by atoms with van der Waals surface area (Å²) in [6.07, 6.45) is 7.22. The van der Waals surface area contributed by atoms with Crippen LogP contribution in [0.5, 0.6) is 0 Å². The molecule has 0 radical (unpaired) electrons. The van der Waals surface area contributed by atoms with Gasteiger partial charge in [0.15, 0.2) is 5.65 Å². The van der Waals surface area contributed by atoms with Gasteiger partial charge in [-0.25, -0.2) is 9.97 Å². The van der Waals surface area contributed by atoms with Crippen LogP contribution in [0.2, 0.25) is 0 Å². The second-order valence-electron chi connectivity index (χ2n) is 4.90. The van der Waals surface area contributed by atoms with Crippen molar-refractivity contribution < 1.29 is 0 Å². The van der Waals surface area contributed by atoms with E-state index >= 15 is 0 Å². The van der Waals surface area contributed by atoms with E-state index in [4.69, 9.17) is 0 Å². The van der Waals surface area contributed by atoms with Crippen molar-refractivity contribution in [3.05, 3.63) is 71.9 Å². The number of fused-ring (bicyclic) bond motifs is 1. The summed E-state index contributed by atoms with van der Waals surface area (Å²) in [5.74, 6) is 0. The minimum Gasteiger partial charge on any atom is -0.283 e. The normalized spacial score (nSPS) is 11.0. The molecule has 4 nitrogen and oxygen atoms in total. The van der Waals surface area contributed by atoms with Crippen molar-refractivity contribution in [2.75, 3.05) is 0 Å². The third kappa shape index (κ3) is 2.29. The molecule has 0 N–H and O–H groups in total. The van der Waals surface area contributed by atoms with E-state index in [-0.39, 0.29) is 0 Å². The van der Waals surface area contributed by atoms with Crippen molar-refractivity contribution >= 4 is 27.1 Å². The molecule has 0 aliphatic rings. The lowest BCUT2D eigenvalue weighted by molar-refractivity contribution is 1.07. The van der Waals surface area contributed by atoms with Crippen LogP contribution in [0.3, 0.4) is 0 Å². The van der Waals surface area contributed by atoms with Gasteiger partial charge in [0.2, 0.25) is 0 Å². The van der Waals surface area contributed by atoms with Crippen molar-refractivity contribution in [2.45, 2.75) is 0 Å². The highest BCUT2D eigenvalue weighted by Gasteiger charge is 2.07. The Hall–Kier alpha value is -2.53. The summed E-state index contributed by atoms with van der Waals surface area (Å²) in [4.78, 5) is 13.1. The molecule has 0 saturated heterocycles. The van der Waals surface area contributed by atoms with Crippen LogP contribution >= 0.6 is 15.9 Å². The lowest BCUT2D eigenvalue weighted by Gasteiger charge is -2.07. The Bertz CT molecular complexity index is 947. The number of rotatable bonds is 2. The van der Waals surface area contributed by atoms with Crippen LogP contribution in [-0.4, -0.2) is 19.5 Å². The molecule has 3 aromatic heterocycles.